The Kier molecular flexibility index (Phi) is 2.01. The standard InChI is InChI=1S/C13H11N3O/c14-13(17)12-5-4-11(16-12)8-2-1-3-10-9(8)6-7-15-10/h1-7,15-16H,(H2,14,17). The van der Waals surface area contributed by atoms with Crippen LogP contribution >= 0.6 is 0 Å². The normalized spacial score (nSPS) is 10.8. The Morgan fingerprint density at radius 1 is 1.12 bits per heavy atom. The van der Waals surface area contributed by atoms with Gasteiger partial charge in [-0.1, -0.05) is 12.1 Å². The molecule has 4 heteroatoms. The number of aromatic amines is 2. The quantitative estimate of drug-likeness (QED) is 0.614. The van der Waals surface area contributed by atoms with Crippen LogP contribution < -0.4 is 5.73 Å². The summed E-state index contributed by atoms with van der Waals surface area (Å²) in [7, 11) is 0. The highest BCUT2D eigenvalue weighted by Gasteiger charge is 2.08. The maximum atomic E-state index is 11.0. The molecule has 0 aliphatic rings. The monoisotopic (exact) mass is 225 g/mol. The SMILES string of the molecule is NC(=O)c1ccc(-c2cccc3[nH]ccc23)[nH]1. The Morgan fingerprint density at radius 2 is 2.00 bits per heavy atom. The van der Waals surface area contributed by atoms with Crippen LogP contribution in [-0.2, 0) is 0 Å². The van der Waals surface area contributed by atoms with Gasteiger partial charge in [-0.3, -0.25) is 4.79 Å². The molecule has 84 valence electrons. The number of fused-ring (bicyclic) bond motifs is 1. The van der Waals surface area contributed by atoms with Crippen molar-refractivity contribution < 1.29 is 4.79 Å². The van der Waals surface area contributed by atoms with Crippen LogP contribution in [0, 0.1) is 0 Å². The molecular weight excluding hydrogens is 214 g/mol. The van der Waals surface area contributed by atoms with Gasteiger partial charge in [0.05, 0.1) is 0 Å². The first-order chi connectivity index (χ1) is 8.25. The average Bonchev–Trinajstić information content (AvgIpc) is 2.97. The number of hydrogen-bond donors (Lipinski definition) is 3. The minimum atomic E-state index is -0.447. The van der Waals surface area contributed by atoms with Gasteiger partial charge < -0.3 is 15.7 Å². The summed E-state index contributed by atoms with van der Waals surface area (Å²) in [6, 6.07) is 11.6. The summed E-state index contributed by atoms with van der Waals surface area (Å²) in [4.78, 5) is 17.2. The van der Waals surface area contributed by atoms with Gasteiger partial charge in [-0.25, -0.2) is 0 Å². The predicted molar refractivity (Wildman–Crippen MR) is 66.6 cm³/mol. The molecule has 2 heterocycles. The average molecular weight is 225 g/mol. The molecule has 0 aliphatic carbocycles. The van der Waals surface area contributed by atoms with Gasteiger partial charge in [-0.2, -0.15) is 0 Å². The molecule has 0 saturated carbocycles. The van der Waals surface area contributed by atoms with Crippen LogP contribution in [0.2, 0.25) is 0 Å². The van der Waals surface area contributed by atoms with E-state index in [9.17, 15) is 4.79 Å². The summed E-state index contributed by atoms with van der Waals surface area (Å²) in [6.45, 7) is 0. The zero-order valence-corrected chi connectivity index (χ0v) is 9.03. The number of carbonyl (C=O) groups excluding carboxylic acids is 1. The summed E-state index contributed by atoms with van der Waals surface area (Å²) >= 11 is 0. The Labute approximate surface area is 97.5 Å². The number of H-pyrrole nitrogens is 2. The molecule has 0 saturated heterocycles. The molecule has 0 atom stereocenters. The van der Waals surface area contributed by atoms with Gasteiger partial charge in [0.1, 0.15) is 5.69 Å². The van der Waals surface area contributed by atoms with E-state index in [1.54, 1.807) is 6.07 Å². The highest BCUT2D eigenvalue weighted by atomic mass is 16.1. The molecule has 0 fully saturated rings. The van der Waals surface area contributed by atoms with Crippen molar-refractivity contribution in [2.24, 2.45) is 5.73 Å². The van der Waals surface area contributed by atoms with E-state index in [0.29, 0.717) is 5.69 Å². The fourth-order valence-corrected chi connectivity index (χ4v) is 2.02. The van der Waals surface area contributed by atoms with Crippen LogP contribution in [0.15, 0.2) is 42.6 Å². The lowest BCUT2D eigenvalue weighted by atomic mass is 10.1. The van der Waals surface area contributed by atoms with Crippen LogP contribution in [0.4, 0.5) is 0 Å². The lowest BCUT2D eigenvalue weighted by Crippen LogP contribution is -2.10. The summed E-state index contributed by atoms with van der Waals surface area (Å²) in [5.41, 5.74) is 8.66. The third-order valence-electron chi connectivity index (χ3n) is 2.84. The maximum absolute atomic E-state index is 11.0. The molecule has 17 heavy (non-hydrogen) atoms. The number of rotatable bonds is 2. The van der Waals surface area contributed by atoms with E-state index < -0.39 is 5.91 Å². The molecule has 3 rings (SSSR count). The lowest BCUT2D eigenvalue weighted by molar-refractivity contribution is 0.0996. The number of carbonyl (C=O) groups is 1. The molecule has 0 radical (unpaired) electrons. The van der Waals surface area contributed by atoms with Crippen LogP contribution in [0.5, 0.6) is 0 Å². The van der Waals surface area contributed by atoms with Crippen molar-refractivity contribution >= 4 is 16.8 Å². The summed E-state index contributed by atoms with van der Waals surface area (Å²) in [6.07, 6.45) is 1.89. The Balaban J connectivity index is 2.19. The summed E-state index contributed by atoms with van der Waals surface area (Å²) < 4.78 is 0. The fraction of sp³-hybridized carbons (Fsp3) is 0. The third kappa shape index (κ3) is 1.50. The van der Waals surface area contributed by atoms with Gasteiger partial charge in [0.25, 0.3) is 5.91 Å². The number of aromatic nitrogens is 2. The van der Waals surface area contributed by atoms with Crippen molar-refractivity contribution in [2.45, 2.75) is 0 Å². The third-order valence-corrected chi connectivity index (χ3v) is 2.84. The van der Waals surface area contributed by atoms with E-state index in [1.165, 1.54) is 0 Å². The molecule has 0 aliphatic heterocycles. The first-order valence-corrected chi connectivity index (χ1v) is 5.31. The summed E-state index contributed by atoms with van der Waals surface area (Å²) in [5, 5.41) is 1.12. The molecular formula is C13H11N3O. The highest BCUT2D eigenvalue weighted by Crippen LogP contribution is 2.27. The van der Waals surface area contributed by atoms with E-state index in [1.807, 2.05) is 36.5 Å². The van der Waals surface area contributed by atoms with Crippen molar-refractivity contribution in [3.8, 4) is 11.3 Å². The zero-order chi connectivity index (χ0) is 11.8. The van der Waals surface area contributed by atoms with E-state index in [4.69, 9.17) is 5.73 Å². The molecule has 0 bridgehead atoms. The van der Waals surface area contributed by atoms with Gasteiger partial charge in [0, 0.05) is 28.4 Å². The number of hydrogen-bond acceptors (Lipinski definition) is 1. The molecule has 4 nitrogen and oxygen atoms in total. The van der Waals surface area contributed by atoms with E-state index >= 15 is 0 Å². The molecule has 4 N–H and O–H groups in total. The Morgan fingerprint density at radius 3 is 2.76 bits per heavy atom. The van der Waals surface area contributed by atoms with Crippen molar-refractivity contribution in [1.82, 2.24) is 9.97 Å². The number of nitrogens with two attached hydrogens (primary N) is 1. The first kappa shape index (κ1) is 9.72. The zero-order valence-electron chi connectivity index (χ0n) is 9.03. The smallest absolute Gasteiger partial charge is 0.265 e. The van der Waals surface area contributed by atoms with Gasteiger partial charge in [0.15, 0.2) is 0 Å². The molecule has 0 unspecified atom stereocenters. The minimum Gasteiger partial charge on any atom is -0.364 e. The number of nitrogens with one attached hydrogen (secondary N) is 2. The van der Waals surface area contributed by atoms with Crippen LogP contribution in [0.3, 0.4) is 0 Å². The minimum absolute atomic E-state index is 0.424. The van der Waals surface area contributed by atoms with Crippen LogP contribution in [0.25, 0.3) is 22.2 Å². The van der Waals surface area contributed by atoms with E-state index in [0.717, 1.165) is 22.2 Å². The van der Waals surface area contributed by atoms with E-state index in [-0.39, 0.29) is 0 Å². The second-order valence-electron chi connectivity index (χ2n) is 3.89. The van der Waals surface area contributed by atoms with Gasteiger partial charge in [-0.15, -0.1) is 0 Å². The second-order valence-corrected chi connectivity index (χ2v) is 3.89. The molecule has 1 aromatic carbocycles. The van der Waals surface area contributed by atoms with Crippen LogP contribution in [0.1, 0.15) is 10.5 Å². The fourth-order valence-electron chi connectivity index (χ4n) is 2.02. The number of primary amides is 1. The van der Waals surface area contributed by atoms with Crippen molar-refractivity contribution in [3.63, 3.8) is 0 Å². The predicted octanol–water partition coefficient (Wildman–Crippen LogP) is 2.26. The molecule has 3 aromatic rings. The molecule has 1 amide bonds. The number of amides is 1. The van der Waals surface area contributed by atoms with Gasteiger partial charge in [0.2, 0.25) is 0 Å². The van der Waals surface area contributed by atoms with E-state index in [2.05, 4.69) is 9.97 Å². The Hall–Kier alpha value is -2.49. The van der Waals surface area contributed by atoms with Crippen molar-refractivity contribution in [3.05, 3.63) is 48.3 Å². The largest absolute Gasteiger partial charge is 0.364 e. The molecule has 2 aromatic heterocycles. The Bertz CT molecular complexity index is 693. The van der Waals surface area contributed by atoms with Gasteiger partial charge in [-0.05, 0) is 24.3 Å². The first-order valence-electron chi connectivity index (χ1n) is 5.31. The second kappa shape index (κ2) is 3.52. The van der Waals surface area contributed by atoms with Crippen molar-refractivity contribution in [1.29, 1.82) is 0 Å². The van der Waals surface area contributed by atoms with Crippen LogP contribution in [-0.4, -0.2) is 15.9 Å². The van der Waals surface area contributed by atoms with Crippen molar-refractivity contribution in [2.75, 3.05) is 0 Å². The van der Waals surface area contributed by atoms with Gasteiger partial charge >= 0.3 is 0 Å². The number of benzene rings is 1. The summed E-state index contributed by atoms with van der Waals surface area (Å²) in [5.74, 6) is -0.447. The lowest BCUT2D eigenvalue weighted by Gasteiger charge is -2.00. The topological polar surface area (TPSA) is 74.7 Å². The maximum Gasteiger partial charge on any atom is 0.265 e. The highest BCUT2D eigenvalue weighted by molar-refractivity contribution is 5.96. The molecule has 0 spiro atoms.